The molecule has 1 heterocycles. The Labute approximate surface area is 232 Å². The minimum atomic E-state index is -5.08. The number of halogens is 6. The number of likely N-dealkylation sites (tertiary alicyclic amines) is 1. The number of hydrogen-bond acceptors (Lipinski definition) is 5. The van der Waals surface area contributed by atoms with Crippen LogP contribution in [-0.2, 0) is 16.4 Å². The van der Waals surface area contributed by atoms with Gasteiger partial charge in [-0.15, -0.1) is 0 Å². The maximum absolute atomic E-state index is 13.3. The molecule has 2 fully saturated rings. The van der Waals surface area contributed by atoms with Crippen molar-refractivity contribution in [2.45, 2.75) is 55.5 Å². The summed E-state index contributed by atoms with van der Waals surface area (Å²) < 4.78 is 82.4. The van der Waals surface area contributed by atoms with Crippen molar-refractivity contribution in [1.82, 2.24) is 10.2 Å². The number of carbonyl (C=O) groups excluding carboxylic acids is 1. The molecular formula is C27H31F6N3O5. The van der Waals surface area contributed by atoms with Crippen molar-refractivity contribution in [3.8, 4) is 11.5 Å². The number of ether oxygens (including phenoxy) is 2. The number of hydrogen-bond donors (Lipinski definition) is 3. The van der Waals surface area contributed by atoms with Crippen LogP contribution in [0.3, 0.4) is 0 Å². The first-order chi connectivity index (χ1) is 19.1. The maximum atomic E-state index is 13.3. The Hall–Kier alpha value is -3.68. The van der Waals surface area contributed by atoms with Crippen LogP contribution in [-0.4, -0.2) is 68.1 Å². The van der Waals surface area contributed by atoms with Gasteiger partial charge in [0.05, 0.1) is 25.5 Å². The number of anilines is 1. The number of methoxy groups -OCH3 is 2. The van der Waals surface area contributed by atoms with E-state index < -0.39 is 29.9 Å². The van der Waals surface area contributed by atoms with Crippen molar-refractivity contribution in [2.75, 3.05) is 33.1 Å². The van der Waals surface area contributed by atoms with E-state index in [0.29, 0.717) is 17.9 Å². The van der Waals surface area contributed by atoms with E-state index >= 15 is 0 Å². The third-order valence-electron chi connectivity index (χ3n) is 7.54. The maximum Gasteiger partial charge on any atom is 0.490 e. The molecule has 2 aromatic carbocycles. The number of benzene rings is 2. The fourth-order valence-corrected chi connectivity index (χ4v) is 5.58. The van der Waals surface area contributed by atoms with Crippen LogP contribution in [0.2, 0.25) is 0 Å². The average molecular weight is 592 g/mol. The second kappa shape index (κ2) is 12.5. The van der Waals surface area contributed by atoms with E-state index in [4.69, 9.17) is 19.4 Å². The monoisotopic (exact) mass is 591 g/mol. The lowest BCUT2D eigenvalue weighted by Gasteiger charge is -2.45. The van der Waals surface area contributed by atoms with Gasteiger partial charge in [-0.05, 0) is 69.1 Å². The highest BCUT2D eigenvalue weighted by Gasteiger charge is 2.50. The first kappa shape index (κ1) is 31.8. The lowest BCUT2D eigenvalue weighted by molar-refractivity contribution is -0.192. The van der Waals surface area contributed by atoms with Gasteiger partial charge >= 0.3 is 24.4 Å². The van der Waals surface area contributed by atoms with E-state index in [-0.39, 0.29) is 23.2 Å². The molecule has 8 nitrogen and oxygen atoms in total. The average Bonchev–Trinajstić information content (AvgIpc) is 3.24. The number of amides is 2. The predicted molar refractivity (Wildman–Crippen MR) is 137 cm³/mol. The summed E-state index contributed by atoms with van der Waals surface area (Å²) in [7, 11) is 5.31. The molecule has 1 saturated carbocycles. The van der Waals surface area contributed by atoms with Gasteiger partial charge in [-0.2, -0.15) is 26.3 Å². The minimum absolute atomic E-state index is 0.0775. The zero-order chi connectivity index (χ0) is 30.6. The van der Waals surface area contributed by atoms with E-state index in [1.807, 2.05) is 12.1 Å². The van der Waals surface area contributed by atoms with E-state index in [1.54, 1.807) is 14.2 Å². The number of para-hydroxylation sites is 1. The largest absolute Gasteiger partial charge is 0.493 e. The van der Waals surface area contributed by atoms with Crippen molar-refractivity contribution < 1.29 is 50.5 Å². The number of carboxylic acids is 1. The van der Waals surface area contributed by atoms with E-state index in [1.165, 1.54) is 23.8 Å². The summed E-state index contributed by atoms with van der Waals surface area (Å²) >= 11 is 0. The van der Waals surface area contributed by atoms with Gasteiger partial charge in [0.1, 0.15) is 0 Å². The van der Waals surface area contributed by atoms with Crippen molar-refractivity contribution in [3.05, 3.63) is 53.6 Å². The molecule has 2 aromatic rings. The molecule has 0 radical (unpaired) electrons. The van der Waals surface area contributed by atoms with Crippen molar-refractivity contribution in [3.63, 3.8) is 0 Å². The van der Waals surface area contributed by atoms with Gasteiger partial charge in [0.15, 0.2) is 11.5 Å². The number of likely N-dealkylation sites (N-methyl/N-ethyl adjacent to an activating group) is 1. The number of carbonyl (C=O) groups is 2. The van der Waals surface area contributed by atoms with Crippen molar-refractivity contribution >= 4 is 17.7 Å². The number of alkyl halides is 6. The highest BCUT2D eigenvalue weighted by molar-refractivity contribution is 5.90. The molecule has 4 rings (SSSR count). The van der Waals surface area contributed by atoms with Crippen LogP contribution < -0.4 is 20.1 Å². The second-order valence-corrected chi connectivity index (χ2v) is 9.89. The van der Waals surface area contributed by atoms with Gasteiger partial charge in [-0.25, -0.2) is 9.59 Å². The summed E-state index contributed by atoms with van der Waals surface area (Å²) in [6, 6.07) is 10.5. The quantitative estimate of drug-likeness (QED) is 0.388. The third kappa shape index (κ3) is 7.34. The standard InChI is InChI=1S/C25H30F3N3O3.C2HF3O2/c1-31-13-12-24(16-8-9-20(33-2)21(14-16)34-3)11-10-17(15-22(24)31)29-23(32)30-19-7-5-4-6-18(19)25(26,27)28;3-2(4,5)1(6)7/h4-9,14,17,22H,10-13,15H2,1-3H3,(H2,29,30,32);(H,6,7)/t17-,22+,24+;/m1./s1. The summed E-state index contributed by atoms with van der Waals surface area (Å²) in [6.07, 6.45) is -6.35. The van der Waals surface area contributed by atoms with Gasteiger partial charge in [-0.1, -0.05) is 18.2 Å². The minimum Gasteiger partial charge on any atom is -0.493 e. The van der Waals surface area contributed by atoms with Gasteiger partial charge in [0, 0.05) is 17.5 Å². The summed E-state index contributed by atoms with van der Waals surface area (Å²) in [4.78, 5) is 23.8. The van der Waals surface area contributed by atoms with Gasteiger partial charge in [0.2, 0.25) is 0 Å². The Balaban J connectivity index is 0.000000587. The van der Waals surface area contributed by atoms with Crippen LogP contribution in [0.15, 0.2) is 42.5 Å². The number of rotatable bonds is 5. The van der Waals surface area contributed by atoms with E-state index in [9.17, 15) is 31.1 Å². The fraction of sp³-hybridized carbons (Fsp3) is 0.481. The molecule has 0 spiro atoms. The summed E-state index contributed by atoms with van der Waals surface area (Å²) in [5, 5.41) is 12.4. The predicted octanol–water partition coefficient (Wildman–Crippen LogP) is 5.67. The third-order valence-corrected chi connectivity index (χ3v) is 7.54. The Morgan fingerprint density at radius 1 is 1.00 bits per heavy atom. The molecule has 0 unspecified atom stereocenters. The fourth-order valence-electron chi connectivity index (χ4n) is 5.58. The van der Waals surface area contributed by atoms with Crippen molar-refractivity contribution in [1.29, 1.82) is 0 Å². The number of nitrogens with one attached hydrogen (secondary N) is 2. The zero-order valence-corrected chi connectivity index (χ0v) is 22.5. The SMILES string of the molecule is COc1ccc([C@@]23CC[C@@H](NC(=O)Nc4ccccc4C(F)(F)F)C[C@@H]2N(C)CC3)cc1OC.O=C(O)C(F)(F)F. The van der Waals surface area contributed by atoms with Crippen LogP contribution in [0.5, 0.6) is 11.5 Å². The smallest absolute Gasteiger partial charge is 0.490 e. The van der Waals surface area contributed by atoms with Crippen molar-refractivity contribution in [2.24, 2.45) is 0 Å². The Kier molecular flexibility index (Phi) is 9.67. The molecule has 14 heteroatoms. The molecule has 2 aliphatic rings. The molecule has 3 N–H and O–H groups in total. The van der Waals surface area contributed by atoms with Gasteiger partial charge in [0.25, 0.3) is 0 Å². The van der Waals surface area contributed by atoms with E-state index in [2.05, 4.69) is 28.6 Å². The molecule has 0 bridgehead atoms. The first-order valence-corrected chi connectivity index (χ1v) is 12.6. The number of aliphatic carboxylic acids is 1. The molecule has 1 aliphatic carbocycles. The zero-order valence-electron chi connectivity index (χ0n) is 22.5. The summed E-state index contributed by atoms with van der Waals surface area (Å²) in [6.45, 7) is 0.927. The Morgan fingerprint density at radius 2 is 1.63 bits per heavy atom. The van der Waals surface area contributed by atoms with E-state index in [0.717, 1.165) is 31.9 Å². The molecule has 226 valence electrons. The van der Waals surface area contributed by atoms with Crippen LogP contribution >= 0.6 is 0 Å². The molecule has 2 amide bonds. The Morgan fingerprint density at radius 3 is 2.22 bits per heavy atom. The van der Waals surface area contributed by atoms with Crippen LogP contribution in [0.1, 0.15) is 36.8 Å². The number of nitrogens with zero attached hydrogens (tertiary/aromatic N) is 1. The van der Waals surface area contributed by atoms with Crippen LogP contribution in [0, 0.1) is 0 Å². The molecule has 1 aliphatic heterocycles. The van der Waals surface area contributed by atoms with Crippen LogP contribution in [0.25, 0.3) is 0 Å². The highest BCUT2D eigenvalue weighted by atomic mass is 19.4. The molecular weight excluding hydrogens is 560 g/mol. The number of fused-ring (bicyclic) bond motifs is 1. The molecule has 0 aromatic heterocycles. The first-order valence-electron chi connectivity index (χ1n) is 12.6. The van der Waals surface area contributed by atoms with Gasteiger partial charge < -0.3 is 30.1 Å². The van der Waals surface area contributed by atoms with Crippen LogP contribution in [0.4, 0.5) is 36.8 Å². The van der Waals surface area contributed by atoms with Gasteiger partial charge in [-0.3, -0.25) is 0 Å². The molecule has 41 heavy (non-hydrogen) atoms. The summed E-state index contributed by atoms with van der Waals surface area (Å²) in [5.74, 6) is -1.39. The lowest BCUT2D eigenvalue weighted by atomic mass is 9.65. The molecule has 1 saturated heterocycles. The normalized spacial score (nSPS) is 22.6. The number of urea groups is 1. The highest BCUT2D eigenvalue weighted by Crippen LogP contribution is 2.50. The lowest BCUT2D eigenvalue weighted by Crippen LogP contribution is -2.52. The Bertz CT molecular complexity index is 1240. The number of carboxylic acid groups (broad SMARTS) is 1. The molecule has 3 atom stereocenters. The topological polar surface area (TPSA) is 100 Å². The summed E-state index contributed by atoms with van der Waals surface area (Å²) in [5.41, 5.74) is -0.00877. The second-order valence-electron chi connectivity index (χ2n) is 9.89.